The van der Waals surface area contributed by atoms with Gasteiger partial charge < -0.3 is 20.2 Å². The van der Waals surface area contributed by atoms with Crippen molar-refractivity contribution in [1.82, 2.24) is 19.8 Å². The van der Waals surface area contributed by atoms with Crippen LogP contribution in [0.3, 0.4) is 0 Å². The first kappa shape index (κ1) is 19.8. The Hall–Kier alpha value is -2.51. The molecule has 7 nitrogen and oxygen atoms in total. The van der Waals surface area contributed by atoms with Crippen LogP contribution in [0.1, 0.15) is 16.1 Å². The van der Waals surface area contributed by atoms with Gasteiger partial charge in [0.05, 0.1) is 6.61 Å². The van der Waals surface area contributed by atoms with E-state index in [0.717, 1.165) is 23.6 Å². The van der Waals surface area contributed by atoms with Gasteiger partial charge in [-0.1, -0.05) is 12.1 Å². The molecular weight excluding hydrogens is 330 g/mol. The Bertz CT molecular complexity index is 748. The Morgan fingerprint density at radius 1 is 1.15 bits per heavy atom. The number of anilines is 1. The lowest BCUT2D eigenvalue weighted by Gasteiger charge is -2.23. The molecule has 26 heavy (non-hydrogen) atoms. The number of aliphatic hydroxyl groups is 1. The molecule has 0 radical (unpaired) electrons. The summed E-state index contributed by atoms with van der Waals surface area (Å²) in [7, 11) is 5.72. The number of aromatic nitrogens is 2. The van der Waals surface area contributed by atoms with Crippen LogP contribution in [0.4, 0.5) is 5.82 Å². The Morgan fingerprint density at radius 2 is 1.92 bits per heavy atom. The van der Waals surface area contributed by atoms with E-state index < -0.39 is 0 Å². The van der Waals surface area contributed by atoms with E-state index >= 15 is 0 Å². The Labute approximate surface area is 154 Å². The maximum atomic E-state index is 12.9. The van der Waals surface area contributed by atoms with Crippen molar-refractivity contribution in [2.24, 2.45) is 0 Å². The number of nitrogens with zero attached hydrogens (tertiary/aromatic N) is 4. The lowest BCUT2D eigenvalue weighted by atomic mass is 10.1. The van der Waals surface area contributed by atoms with E-state index in [9.17, 15) is 9.90 Å². The minimum atomic E-state index is -0.107. The van der Waals surface area contributed by atoms with Crippen LogP contribution < -0.4 is 5.32 Å². The van der Waals surface area contributed by atoms with Gasteiger partial charge in [-0.25, -0.2) is 9.97 Å². The monoisotopic (exact) mass is 357 g/mol. The minimum absolute atomic E-state index is 0.0641. The van der Waals surface area contributed by atoms with Crippen LogP contribution in [0.25, 0.3) is 11.4 Å². The molecule has 0 saturated carbocycles. The number of hydrogen-bond donors (Lipinski definition) is 2. The van der Waals surface area contributed by atoms with Gasteiger partial charge in [0.1, 0.15) is 5.82 Å². The summed E-state index contributed by atoms with van der Waals surface area (Å²) in [4.78, 5) is 25.5. The summed E-state index contributed by atoms with van der Waals surface area (Å²) in [6.45, 7) is 3.44. The van der Waals surface area contributed by atoms with E-state index in [-0.39, 0.29) is 12.5 Å². The normalized spacial score (nSPS) is 10.8. The van der Waals surface area contributed by atoms with Gasteiger partial charge in [-0.3, -0.25) is 4.79 Å². The van der Waals surface area contributed by atoms with Gasteiger partial charge >= 0.3 is 0 Å². The smallest absolute Gasteiger partial charge is 0.253 e. The highest BCUT2D eigenvalue weighted by Crippen LogP contribution is 2.20. The highest BCUT2D eigenvalue weighted by molar-refractivity contribution is 5.95. The maximum absolute atomic E-state index is 12.9. The first-order chi connectivity index (χ1) is 12.4. The number of rotatable bonds is 8. The molecule has 0 spiro atoms. The lowest BCUT2D eigenvalue weighted by molar-refractivity contribution is 0.0710. The molecule has 0 aliphatic rings. The summed E-state index contributed by atoms with van der Waals surface area (Å²) in [5.41, 5.74) is 2.20. The van der Waals surface area contributed by atoms with Crippen molar-refractivity contribution in [1.29, 1.82) is 0 Å². The maximum Gasteiger partial charge on any atom is 0.253 e. The molecule has 0 aliphatic heterocycles. The molecule has 0 aliphatic carbocycles. The highest BCUT2D eigenvalue weighted by atomic mass is 16.3. The van der Waals surface area contributed by atoms with Crippen LogP contribution in [0.5, 0.6) is 0 Å². The Balaban J connectivity index is 2.29. The molecule has 1 aromatic carbocycles. The van der Waals surface area contributed by atoms with Gasteiger partial charge in [0.2, 0.25) is 0 Å². The lowest BCUT2D eigenvalue weighted by Crippen LogP contribution is -2.38. The second-order valence-electron chi connectivity index (χ2n) is 6.37. The predicted molar refractivity (Wildman–Crippen MR) is 103 cm³/mol. The van der Waals surface area contributed by atoms with E-state index in [1.165, 1.54) is 0 Å². The van der Waals surface area contributed by atoms with Gasteiger partial charge in [-0.2, -0.15) is 0 Å². The Kier molecular flexibility index (Phi) is 7.06. The zero-order valence-corrected chi connectivity index (χ0v) is 15.9. The van der Waals surface area contributed by atoms with Crippen molar-refractivity contribution in [3.8, 4) is 11.4 Å². The molecule has 2 aromatic rings. The molecule has 1 aromatic heterocycles. The fraction of sp³-hybridized carbons (Fsp3) is 0.421. The van der Waals surface area contributed by atoms with Gasteiger partial charge in [-0.05, 0) is 33.2 Å². The fourth-order valence-electron chi connectivity index (χ4n) is 2.56. The predicted octanol–water partition coefficient (Wildman–Crippen LogP) is 1.49. The number of carbonyl (C=O) groups is 1. The second kappa shape index (κ2) is 9.26. The van der Waals surface area contributed by atoms with Crippen molar-refractivity contribution in [3.63, 3.8) is 0 Å². The summed E-state index contributed by atoms with van der Waals surface area (Å²) in [5.74, 6) is 1.20. The average Bonchev–Trinajstić information content (AvgIpc) is 2.64. The van der Waals surface area contributed by atoms with Crippen LogP contribution in [-0.4, -0.2) is 78.2 Å². The van der Waals surface area contributed by atoms with Crippen LogP contribution in [-0.2, 0) is 0 Å². The quantitative estimate of drug-likeness (QED) is 0.745. The molecule has 1 heterocycles. The third kappa shape index (κ3) is 5.24. The molecule has 140 valence electrons. The number of likely N-dealkylation sites (N-methyl/N-ethyl adjacent to an activating group) is 1. The number of nitrogens with one attached hydrogen (secondary N) is 1. The number of benzene rings is 1. The van der Waals surface area contributed by atoms with Crippen molar-refractivity contribution in [2.45, 2.75) is 6.92 Å². The van der Waals surface area contributed by atoms with Crippen molar-refractivity contribution in [2.75, 3.05) is 52.7 Å². The van der Waals surface area contributed by atoms with E-state index in [1.807, 2.05) is 51.2 Å². The summed E-state index contributed by atoms with van der Waals surface area (Å²) in [6.07, 6.45) is 0. The molecule has 2 N–H and O–H groups in total. The first-order valence-corrected chi connectivity index (χ1v) is 8.63. The molecule has 1 amide bonds. The zero-order valence-electron chi connectivity index (χ0n) is 15.9. The summed E-state index contributed by atoms with van der Waals surface area (Å²) < 4.78 is 0. The minimum Gasteiger partial charge on any atom is -0.395 e. The average molecular weight is 357 g/mol. The van der Waals surface area contributed by atoms with Crippen LogP contribution in [0, 0.1) is 6.92 Å². The van der Waals surface area contributed by atoms with E-state index in [4.69, 9.17) is 0 Å². The molecule has 2 rings (SSSR count). The third-order valence-corrected chi connectivity index (χ3v) is 3.95. The van der Waals surface area contributed by atoms with Crippen LogP contribution in [0.2, 0.25) is 0 Å². The molecule has 7 heteroatoms. The van der Waals surface area contributed by atoms with Crippen molar-refractivity contribution < 1.29 is 9.90 Å². The molecular formula is C19H27N5O2. The second-order valence-corrected chi connectivity index (χ2v) is 6.37. The molecule has 0 atom stereocenters. The van der Waals surface area contributed by atoms with Crippen LogP contribution in [0.15, 0.2) is 30.3 Å². The van der Waals surface area contributed by atoms with Crippen LogP contribution >= 0.6 is 0 Å². The first-order valence-electron chi connectivity index (χ1n) is 8.63. The largest absolute Gasteiger partial charge is 0.395 e. The number of aliphatic hydroxyl groups excluding tert-OH is 1. The molecule has 0 fully saturated rings. The summed E-state index contributed by atoms with van der Waals surface area (Å²) >= 11 is 0. The van der Waals surface area contributed by atoms with E-state index in [1.54, 1.807) is 17.0 Å². The van der Waals surface area contributed by atoms with E-state index in [0.29, 0.717) is 24.5 Å². The number of aryl methyl sites for hydroxylation is 1. The molecule has 0 unspecified atom stereocenters. The van der Waals surface area contributed by atoms with Gasteiger partial charge in [-0.15, -0.1) is 0 Å². The number of hydrogen-bond acceptors (Lipinski definition) is 6. The third-order valence-electron chi connectivity index (χ3n) is 3.95. The van der Waals surface area contributed by atoms with Gasteiger partial charge in [0.15, 0.2) is 5.82 Å². The van der Waals surface area contributed by atoms with Gasteiger partial charge in [0, 0.05) is 49.6 Å². The SMILES string of the molecule is CNc1cc(C)nc(-c2cccc(C(=O)N(CCO)CCN(C)C)c2)n1. The standard InChI is InChI=1S/C19H27N5O2/c1-14-12-17(20-2)22-18(21-14)15-6-5-7-16(13-15)19(26)24(10-11-25)9-8-23(3)4/h5-7,12-13,25H,8-11H2,1-4H3,(H,20,21,22). The highest BCUT2D eigenvalue weighted by Gasteiger charge is 2.16. The Morgan fingerprint density at radius 3 is 2.58 bits per heavy atom. The molecule has 0 bridgehead atoms. The van der Waals surface area contributed by atoms with E-state index in [2.05, 4.69) is 15.3 Å². The zero-order chi connectivity index (χ0) is 19.1. The topological polar surface area (TPSA) is 81.6 Å². The summed E-state index contributed by atoms with van der Waals surface area (Å²) in [5, 5.41) is 12.3. The van der Waals surface area contributed by atoms with Crippen molar-refractivity contribution >= 4 is 11.7 Å². The van der Waals surface area contributed by atoms with Gasteiger partial charge in [0.25, 0.3) is 5.91 Å². The summed E-state index contributed by atoms with van der Waals surface area (Å²) in [6, 6.07) is 9.16. The van der Waals surface area contributed by atoms with Crippen molar-refractivity contribution in [3.05, 3.63) is 41.6 Å². The number of carbonyl (C=O) groups excluding carboxylic acids is 1. The molecule has 0 saturated heterocycles. The fourth-order valence-corrected chi connectivity index (χ4v) is 2.56. The number of amides is 1.